The van der Waals surface area contributed by atoms with Gasteiger partial charge in [0.15, 0.2) is 0 Å². The number of rotatable bonds is 6. The van der Waals surface area contributed by atoms with Gasteiger partial charge in [-0.1, -0.05) is 36.4 Å². The summed E-state index contributed by atoms with van der Waals surface area (Å²) in [6.45, 7) is 3.20. The van der Waals surface area contributed by atoms with E-state index in [9.17, 15) is 0 Å². The molecule has 1 aromatic carbocycles. The van der Waals surface area contributed by atoms with Gasteiger partial charge in [-0.15, -0.1) is 22.7 Å². The first kappa shape index (κ1) is 14.5. The Hall–Kier alpha value is -1.42. The third-order valence-corrected chi connectivity index (χ3v) is 5.32. The maximum atomic E-state index is 3.62. The monoisotopic (exact) mass is 313 g/mol. The molecular formula is C18H19NS2. The zero-order valence-corrected chi connectivity index (χ0v) is 13.7. The molecular weight excluding hydrogens is 294 g/mol. The van der Waals surface area contributed by atoms with E-state index in [0.717, 1.165) is 13.0 Å². The van der Waals surface area contributed by atoms with Crippen LogP contribution in [0.1, 0.15) is 17.4 Å². The zero-order valence-electron chi connectivity index (χ0n) is 12.1. The molecule has 0 aliphatic rings. The van der Waals surface area contributed by atoms with E-state index in [1.165, 1.54) is 20.9 Å². The quantitative estimate of drug-likeness (QED) is 0.660. The molecule has 0 radical (unpaired) electrons. The summed E-state index contributed by atoms with van der Waals surface area (Å²) in [6.07, 6.45) is 1.07. The molecule has 1 atom stereocenters. The molecule has 0 fully saturated rings. The molecule has 1 N–H and O–H groups in total. The lowest BCUT2D eigenvalue weighted by atomic mass is 10.1. The summed E-state index contributed by atoms with van der Waals surface area (Å²) < 4.78 is 0. The summed E-state index contributed by atoms with van der Waals surface area (Å²) in [6, 6.07) is 17.7. The largest absolute Gasteiger partial charge is 0.309 e. The van der Waals surface area contributed by atoms with Crippen molar-refractivity contribution in [3.05, 3.63) is 69.7 Å². The van der Waals surface area contributed by atoms with Crippen molar-refractivity contribution in [2.24, 2.45) is 0 Å². The highest BCUT2D eigenvalue weighted by molar-refractivity contribution is 7.14. The number of nitrogens with one attached hydrogen (secondary N) is 1. The molecule has 0 aliphatic heterocycles. The van der Waals surface area contributed by atoms with Crippen molar-refractivity contribution in [2.45, 2.75) is 25.9 Å². The van der Waals surface area contributed by atoms with Crippen LogP contribution in [0.4, 0.5) is 0 Å². The molecule has 3 rings (SSSR count). The number of hydrogen-bond acceptors (Lipinski definition) is 3. The van der Waals surface area contributed by atoms with E-state index in [-0.39, 0.29) is 0 Å². The Balaban J connectivity index is 1.53. The molecule has 0 aliphatic carbocycles. The van der Waals surface area contributed by atoms with Crippen molar-refractivity contribution < 1.29 is 0 Å². The van der Waals surface area contributed by atoms with Gasteiger partial charge in [-0.05, 0) is 41.8 Å². The van der Waals surface area contributed by atoms with Crippen LogP contribution in [-0.4, -0.2) is 6.04 Å². The maximum Gasteiger partial charge on any atom is 0.0351 e. The van der Waals surface area contributed by atoms with Crippen LogP contribution in [-0.2, 0) is 13.0 Å². The molecule has 1 unspecified atom stereocenters. The van der Waals surface area contributed by atoms with Gasteiger partial charge >= 0.3 is 0 Å². The maximum absolute atomic E-state index is 3.62. The van der Waals surface area contributed by atoms with E-state index >= 15 is 0 Å². The highest BCUT2D eigenvalue weighted by Gasteiger charge is 2.06. The first-order chi connectivity index (χ1) is 10.3. The second-order valence-electron chi connectivity index (χ2n) is 5.25. The fourth-order valence-electron chi connectivity index (χ4n) is 2.36. The summed E-state index contributed by atoms with van der Waals surface area (Å²) in [5.74, 6) is 0. The summed E-state index contributed by atoms with van der Waals surface area (Å²) in [4.78, 5) is 2.76. The molecule has 1 nitrogen and oxygen atoms in total. The Morgan fingerprint density at radius 1 is 1.05 bits per heavy atom. The molecule has 0 spiro atoms. The van der Waals surface area contributed by atoms with Gasteiger partial charge in [0.25, 0.3) is 0 Å². The van der Waals surface area contributed by atoms with Crippen molar-refractivity contribution in [2.75, 3.05) is 0 Å². The first-order valence-corrected chi connectivity index (χ1v) is 8.96. The summed E-state index contributed by atoms with van der Waals surface area (Å²) in [5.41, 5.74) is 2.74. The Bertz CT molecular complexity index is 656. The van der Waals surface area contributed by atoms with E-state index in [0.29, 0.717) is 6.04 Å². The van der Waals surface area contributed by atoms with Crippen LogP contribution in [0.15, 0.2) is 59.3 Å². The van der Waals surface area contributed by atoms with Gasteiger partial charge in [-0.25, -0.2) is 0 Å². The van der Waals surface area contributed by atoms with Crippen LogP contribution >= 0.6 is 22.7 Å². The van der Waals surface area contributed by atoms with Gasteiger partial charge in [0.1, 0.15) is 0 Å². The second kappa shape index (κ2) is 7.03. The summed E-state index contributed by atoms with van der Waals surface area (Å²) in [7, 11) is 0. The van der Waals surface area contributed by atoms with Crippen molar-refractivity contribution in [3.8, 4) is 10.4 Å². The topological polar surface area (TPSA) is 12.0 Å². The smallest absolute Gasteiger partial charge is 0.0351 e. The predicted molar refractivity (Wildman–Crippen MR) is 94.1 cm³/mol. The zero-order chi connectivity index (χ0) is 14.5. The Morgan fingerprint density at radius 2 is 1.90 bits per heavy atom. The van der Waals surface area contributed by atoms with Gasteiger partial charge in [0.2, 0.25) is 0 Å². The van der Waals surface area contributed by atoms with Crippen LogP contribution in [0.2, 0.25) is 0 Å². The first-order valence-electron chi connectivity index (χ1n) is 7.20. The Labute approximate surface area is 134 Å². The van der Waals surface area contributed by atoms with Gasteiger partial charge < -0.3 is 5.32 Å². The van der Waals surface area contributed by atoms with E-state index < -0.39 is 0 Å². The van der Waals surface area contributed by atoms with Crippen LogP contribution in [0.3, 0.4) is 0 Å². The van der Waals surface area contributed by atoms with Gasteiger partial charge in [0.05, 0.1) is 0 Å². The number of benzene rings is 1. The highest BCUT2D eigenvalue weighted by Crippen LogP contribution is 2.29. The molecule has 108 valence electrons. The van der Waals surface area contributed by atoms with Crippen LogP contribution in [0, 0.1) is 0 Å². The lowest BCUT2D eigenvalue weighted by Crippen LogP contribution is -2.27. The standard InChI is InChI=1S/C18H19NS2/c1-14(10-15-6-3-2-4-7-15)19-12-17-11-16(13-21-17)18-8-5-9-20-18/h2-9,11,13-14,19H,10,12H2,1H3. The van der Waals surface area contributed by atoms with Gasteiger partial charge in [-0.3, -0.25) is 0 Å². The minimum absolute atomic E-state index is 0.486. The third-order valence-electron chi connectivity index (χ3n) is 3.47. The number of hydrogen-bond donors (Lipinski definition) is 1. The minimum Gasteiger partial charge on any atom is -0.309 e. The Morgan fingerprint density at radius 3 is 2.67 bits per heavy atom. The molecule has 0 amide bonds. The highest BCUT2D eigenvalue weighted by atomic mass is 32.1. The molecule has 2 aromatic heterocycles. The second-order valence-corrected chi connectivity index (χ2v) is 7.19. The fourth-order valence-corrected chi connectivity index (χ4v) is 3.98. The van der Waals surface area contributed by atoms with Crippen molar-refractivity contribution in [3.63, 3.8) is 0 Å². The Kier molecular flexibility index (Phi) is 4.86. The van der Waals surface area contributed by atoms with Crippen molar-refractivity contribution >= 4 is 22.7 Å². The SMILES string of the molecule is CC(Cc1ccccc1)NCc1cc(-c2cccs2)cs1. The average molecular weight is 313 g/mol. The molecule has 0 saturated heterocycles. The normalized spacial score (nSPS) is 12.4. The van der Waals surface area contributed by atoms with Gasteiger partial charge in [-0.2, -0.15) is 0 Å². The lowest BCUT2D eigenvalue weighted by Gasteiger charge is -2.13. The minimum atomic E-state index is 0.486. The van der Waals surface area contributed by atoms with E-state index in [1.807, 2.05) is 11.3 Å². The molecule has 3 aromatic rings. The fraction of sp³-hybridized carbons (Fsp3) is 0.222. The van der Waals surface area contributed by atoms with E-state index in [1.54, 1.807) is 11.3 Å². The van der Waals surface area contributed by atoms with Crippen LogP contribution < -0.4 is 5.32 Å². The molecule has 3 heteroatoms. The molecule has 2 heterocycles. The predicted octanol–water partition coefficient (Wildman–Crippen LogP) is 5.20. The van der Waals surface area contributed by atoms with Crippen molar-refractivity contribution in [1.29, 1.82) is 0 Å². The lowest BCUT2D eigenvalue weighted by molar-refractivity contribution is 0.549. The third kappa shape index (κ3) is 4.03. The summed E-state index contributed by atoms with van der Waals surface area (Å²) >= 11 is 3.64. The van der Waals surface area contributed by atoms with Crippen LogP contribution in [0.5, 0.6) is 0 Å². The molecule has 0 saturated carbocycles. The number of thiophene rings is 2. The molecule has 0 bridgehead atoms. The van der Waals surface area contributed by atoms with Gasteiger partial charge in [0, 0.05) is 27.9 Å². The average Bonchev–Trinajstić information content (AvgIpc) is 3.17. The molecule has 21 heavy (non-hydrogen) atoms. The van der Waals surface area contributed by atoms with E-state index in [2.05, 4.69) is 71.5 Å². The summed E-state index contributed by atoms with van der Waals surface area (Å²) in [5, 5.41) is 8.01. The van der Waals surface area contributed by atoms with Crippen LogP contribution in [0.25, 0.3) is 10.4 Å². The van der Waals surface area contributed by atoms with E-state index in [4.69, 9.17) is 0 Å². The van der Waals surface area contributed by atoms with Crippen molar-refractivity contribution in [1.82, 2.24) is 5.32 Å².